The Morgan fingerprint density at radius 1 is 1.16 bits per heavy atom. The Labute approximate surface area is 178 Å². The monoisotopic (exact) mass is 451 g/mol. The minimum atomic E-state index is -3.68. The van der Waals surface area contributed by atoms with Gasteiger partial charge in [0.1, 0.15) is 24.1 Å². The Kier molecular flexibility index (Phi) is 5.90. The molecule has 12 heteroatoms. The SMILES string of the molecule is CC1OC2C(COS(C)(=O)=O)OC(n3ccc(NC(=O)c4ccccc4)nc3=O)C2O1. The van der Waals surface area contributed by atoms with Gasteiger partial charge in [-0.05, 0) is 25.1 Å². The first-order chi connectivity index (χ1) is 14.7. The highest BCUT2D eigenvalue weighted by molar-refractivity contribution is 7.85. The van der Waals surface area contributed by atoms with Gasteiger partial charge in [-0.3, -0.25) is 13.5 Å². The molecule has 1 aromatic carbocycles. The second kappa shape index (κ2) is 8.48. The minimum Gasteiger partial charge on any atom is -0.346 e. The van der Waals surface area contributed by atoms with Crippen LogP contribution in [0.1, 0.15) is 23.5 Å². The molecule has 5 atom stereocenters. The highest BCUT2D eigenvalue weighted by atomic mass is 32.2. The molecule has 0 bridgehead atoms. The van der Waals surface area contributed by atoms with Crippen LogP contribution < -0.4 is 11.0 Å². The van der Waals surface area contributed by atoms with Crippen LogP contribution >= 0.6 is 0 Å². The third-order valence-electron chi connectivity index (χ3n) is 4.81. The van der Waals surface area contributed by atoms with Crippen molar-refractivity contribution < 1.29 is 31.6 Å². The molecule has 5 unspecified atom stereocenters. The van der Waals surface area contributed by atoms with E-state index in [0.717, 1.165) is 6.26 Å². The average molecular weight is 451 g/mol. The lowest BCUT2D eigenvalue weighted by atomic mass is 10.1. The summed E-state index contributed by atoms with van der Waals surface area (Å²) < 4.78 is 45.9. The average Bonchev–Trinajstić information content (AvgIpc) is 3.24. The highest BCUT2D eigenvalue weighted by Gasteiger charge is 2.53. The van der Waals surface area contributed by atoms with E-state index in [4.69, 9.17) is 18.4 Å². The lowest BCUT2D eigenvalue weighted by Gasteiger charge is -2.20. The summed E-state index contributed by atoms with van der Waals surface area (Å²) in [4.78, 5) is 28.8. The van der Waals surface area contributed by atoms with Crippen LogP contribution in [0, 0.1) is 0 Å². The summed E-state index contributed by atoms with van der Waals surface area (Å²) in [6.07, 6.45) is -1.15. The predicted octanol–water partition coefficient (Wildman–Crippen LogP) is 0.499. The number of benzene rings is 1. The van der Waals surface area contributed by atoms with Gasteiger partial charge in [0.05, 0.1) is 12.9 Å². The Morgan fingerprint density at radius 2 is 1.87 bits per heavy atom. The first-order valence-electron chi connectivity index (χ1n) is 9.47. The molecule has 1 N–H and O–H groups in total. The number of fused-ring (bicyclic) bond motifs is 1. The first kappa shape index (κ1) is 21.6. The van der Waals surface area contributed by atoms with Crippen molar-refractivity contribution in [1.29, 1.82) is 0 Å². The van der Waals surface area contributed by atoms with Crippen molar-refractivity contribution in [1.82, 2.24) is 9.55 Å². The topological polar surface area (TPSA) is 135 Å². The molecule has 166 valence electrons. The van der Waals surface area contributed by atoms with E-state index in [2.05, 4.69) is 10.3 Å². The fourth-order valence-electron chi connectivity index (χ4n) is 3.49. The normalized spacial score (nSPS) is 27.7. The Bertz CT molecular complexity index is 1120. The summed E-state index contributed by atoms with van der Waals surface area (Å²) in [6, 6.07) is 9.97. The number of amides is 1. The number of ether oxygens (including phenoxy) is 3. The van der Waals surface area contributed by atoms with Gasteiger partial charge in [-0.25, -0.2) is 4.79 Å². The Morgan fingerprint density at radius 3 is 2.55 bits per heavy atom. The van der Waals surface area contributed by atoms with E-state index in [-0.39, 0.29) is 12.4 Å². The van der Waals surface area contributed by atoms with Crippen LogP contribution in [0.15, 0.2) is 47.4 Å². The Hall–Kier alpha value is -2.64. The molecule has 11 nitrogen and oxygen atoms in total. The third-order valence-corrected chi connectivity index (χ3v) is 5.38. The summed E-state index contributed by atoms with van der Waals surface area (Å²) in [5, 5.41) is 2.57. The number of carbonyl (C=O) groups excluding carboxylic acids is 1. The summed E-state index contributed by atoms with van der Waals surface area (Å²) in [7, 11) is -3.68. The van der Waals surface area contributed by atoms with Crippen LogP contribution in [0.5, 0.6) is 0 Å². The second-order valence-electron chi connectivity index (χ2n) is 7.15. The van der Waals surface area contributed by atoms with Gasteiger partial charge in [-0.15, -0.1) is 0 Å². The van der Waals surface area contributed by atoms with Crippen molar-refractivity contribution >= 4 is 21.8 Å². The van der Waals surface area contributed by atoms with Crippen molar-refractivity contribution in [2.45, 2.75) is 37.8 Å². The molecule has 2 aromatic rings. The smallest absolute Gasteiger partial charge is 0.346 e. The molecule has 2 aliphatic rings. The molecule has 1 amide bonds. The fraction of sp³-hybridized carbons (Fsp3) is 0.421. The molecule has 4 rings (SSSR count). The molecular weight excluding hydrogens is 430 g/mol. The van der Waals surface area contributed by atoms with Crippen LogP contribution in [0.25, 0.3) is 0 Å². The molecule has 0 aliphatic carbocycles. The number of anilines is 1. The maximum atomic E-state index is 12.6. The van der Waals surface area contributed by atoms with Crippen molar-refractivity contribution in [3.8, 4) is 0 Å². The van der Waals surface area contributed by atoms with Gasteiger partial charge in [0, 0.05) is 11.8 Å². The number of hydrogen-bond acceptors (Lipinski definition) is 9. The zero-order valence-corrected chi connectivity index (χ0v) is 17.5. The van der Waals surface area contributed by atoms with Crippen molar-refractivity contribution in [3.63, 3.8) is 0 Å². The molecule has 31 heavy (non-hydrogen) atoms. The molecule has 2 saturated heterocycles. The number of carbonyl (C=O) groups is 1. The van der Waals surface area contributed by atoms with Crippen LogP contribution in [0.2, 0.25) is 0 Å². The summed E-state index contributed by atoms with van der Waals surface area (Å²) in [6.45, 7) is 1.41. The van der Waals surface area contributed by atoms with Gasteiger partial charge < -0.3 is 19.5 Å². The number of hydrogen-bond donors (Lipinski definition) is 1. The van der Waals surface area contributed by atoms with E-state index >= 15 is 0 Å². The van der Waals surface area contributed by atoms with Gasteiger partial charge in [-0.1, -0.05) is 18.2 Å². The lowest BCUT2D eigenvalue weighted by Crippen LogP contribution is -2.34. The first-order valence-corrected chi connectivity index (χ1v) is 11.3. The Balaban J connectivity index is 1.52. The number of rotatable bonds is 6. The third kappa shape index (κ3) is 4.83. The molecule has 2 fully saturated rings. The van der Waals surface area contributed by atoms with Gasteiger partial charge in [-0.2, -0.15) is 13.4 Å². The van der Waals surface area contributed by atoms with Crippen LogP contribution in [-0.4, -0.2) is 61.3 Å². The maximum absolute atomic E-state index is 12.6. The number of aromatic nitrogens is 2. The van der Waals surface area contributed by atoms with Gasteiger partial charge in [0.25, 0.3) is 16.0 Å². The van der Waals surface area contributed by atoms with E-state index in [1.54, 1.807) is 37.3 Å². The number of nitrogens with one attached hydrogen (secondary N) is 1. The van der Waals surface area contributed by atoms with Crippen molar-refractivity contribution in [2.24, 2.45) is 0 Å². The summed E-state index contributed by atoms with van der Waals surface area (Å²) >= 11 is 0. The van der Waals surface area contributed by atoms with Gasteiger partial charge in [0.2, 0.25) is 0 Å². The van der Waals surface area contributed by atoms with Gasteiger partial charge >= 0.3 is 5.69 Å². The van der Waals surface area contributed by atoms with E-state index in [1.165, 1.54) is 16.8 Å². The summed E-state index contributed by atoms with van der Waals surface area (Å²) in [5.74, 6) is -0.319. The quantitative estimate of drug-likeness (QED) is 0.623. The van der Waals surface area contributed by atoms with E-state index in [0.29, 0.717) is 5.56 Å². The predicted molar refractivity (Wildman–Crippen MR) is 107 cm³/mol. The van der Waals surface area contributed by atoms with E-state index in [9.17, 15) is 18.0 Å². The molecule has 3 heterocycles. The van der Waals surface area contributed by atoms with E-state index in [1.807, 2.05) is 0 Å². The largest absolute Gasteiger partial charge is 0.351 e. The van der Waals surface area contributed by atoms with Crippen LogP contribution in [0.3, 0.4) is 0 Å². The van der Waals surface area contributed by atoms with Crippen LogP contribution in [-0.2, 0) is 28.5 Å². The molecule has 1 aromatic heterocycles. The van der Waals surface area contributed by atoms with Crippen molar-refractivity contribution in [3.05, 3.63) is 58.6 Å². The second-order valence-corrected chi connectivity index (χ2v) is 8.79. The molecule has 0 spiro atoms. The zero-order valence-electron chi connectivity index (χ0n) is 16.7. The van der Waals surface area contributed by atoms with Crippen LogP contribution in [0.4, 0.5) is 5.82 Å². The fourth-order valence-corrected chi connectivity index (χ4v) is 3.88. The van der Waals surface area contributed by atoms with Crippen molar-refractivity contribution in [2.75, 3.05) is 18.2 Å². The zero-order chi connectivity index (χ0) is 22.2. The summed E-state index contributed by atoms with van der Waals surface area (Å²) in [5.41, 5.74) is -0.253. The molecule has 0 radical (unpaired) electrons. The molecule has 0 saturated carbocycles. The maximum Gasteiger partial charge on any atom is 0.351 e. The standard InChI is InChI=1S/C19H21N3O8S/c1-11-28-15-13(10-27-31(2,25)26)30-18(16(15)29-11)22-9-8-14(21-19(22)24)20-17(23)12-6-4-3-5-7-12/h3-9,11,13,15-16,18H,10H2,1-2H3,(H,20,21,23,24). The molecular formula is C19H21N3O8S. The molecule has 2 aliphatic heterocycles. The number of nitrogens with zero attached hydrogens (tertiary/aromatic N) is 2. The minimum absolute atomic E-state index is 0.0820. The lowest BCUT2D eigenvalue weighted by molar-refractivity contribution is -0.143. The van der Waals surface area contributed by atoms with Gasteiger partial charge in [0.15, 0.2) is 12.5 Å². The van der Waals surface area contributed by atoms with E-state index < -0.39 is 52.5 Å². The highest BCUT2D eigenvalue weighted by Crippen LogP contribution is 2.38.